The number of rotatable bonds is 6. The Bertz CT molecular complexity index is 732. The molecule has 1 fully saturated rings. The first-order valence-electron chi connectivity index (χ1n) is 8.55. The third-order valence-corrected chi connectivity index (χ3v) is 4.26. The molecule has 2 rings (SSSR count). The van der Waals surface area contributed by atoms with E-state index < -0.39 is 5.82 Å². The summed E-state index contributed by atoms with van der Waals surface area (Å²) in [6, 6.07) is 4.63. The number of carbonyl (C=O) groups excluding carboxylic acids is 1. The molecule has 140 valence electrons. The number of halogens is 2. The highest BCUT2D eigenvalue weighted by molar-refractivity contribution is 6.31. The van der Waals surface area contributed by atoms with Gasteiger partial charge < -0.3 is 15.5 Å². The van der Waals surface area contributed by atoms with Gasteiger partial charge in [-0.2, -0.15) is 0 Å². The normalized spacial score (nSPS) is 18.0. The van der Waals surface area contributed by atoms with Crippen LogP contribution in [0.2, 0.25) is 5.02 Å². The predicted molar refractivity (Wildman–Crippen MR) is 105 cm³/mol. The minimum absolute atomic E-state index is 0.0511. The van der Waals surface area contributed by atoms with Gasteiger partial charge in [0.2, 0.25) is 5.91 Å². The Balaban J connectivity index is 2.01. The Kier molecular flexibility index (Phi) is 7.21. The average molecular weight is 379 g/mol. The largest absolute Gasteiger partial charge is 0.366 e. The molecule has 1 aromatic rings. The van der Waals surface area contributed by atoms with Crippen LogP contribution in [-0.2, 0) is 4.79 Å². The summed E-state index contributed by atoms with van der Waals surface area (Å²) in [7, 11) is 0. The van der Waals surface area contributed by atoms with Crippen LogP contribution in [0.1, 0.15) is 20.3 Å². The quantitative estimate of drug-likeness (QED) is 0.452. The minimum Gasteiger partial charge on any atom is -0.366 e. The van der Waals surface area contributed by atoms with Crippen LogP contribution >= 0.6 is 11.6 Å². The van der Waals surface area contributed by atoms with Gasteiger partial charge in [-0.1, -0.05) is 18.2 Å². The molecule has 1 aliphatic rings. The number of nitrogens with one attached hydrogen (secondary N) is 2. The molecule has 26 heavy (non-hydrogen) atoms. The van der Waals surface area contributed by atoms with Gasteiger partial charge in [-0.05, 0) is 50.6 Å². The molecule has 1 aromatic carbocycles. The van der Waals surface area contributed by atoms with Crippen LogP contribution in [0.25, 0.3) is 0 Å². The molecule has 0 radical (unpaired) electrons. The zero-order valence-electron chi connectivity index (χ0n) is 15.1. The molecule has 1 aliphatic heterocycles. The summed E-state index contributed by atoms with van der Waals surface area (Å²) in [5.74, 6) is 0.238. The molecule has 1 unspecified atom stereocenters. The molecule has 5 nitrogen and oxygen atoms in total. The number of carbonyl (C=O) groups is 1. The van der Waals surface area contributed by atoms with Gasteiger partial charge in [0.15, 0.2) is 0 Å². The topological polar surface area (TPSA) is 56.7 Å². The lowest BCUT2D eigenvalue weighted by Crippen LogP contribution is -2.37. The van der Waals surface area contributed by atoms with E-state index >= 15 is 0 Å². The van der Waals surface area contributed by atoms with Gasteiger partial charge in [0.05, 0.1) is 5.02 Å². The first-order chi connectivity index (χ1) is 12.4. The zero-order chi connectivity index (χ0) is 19.1. The van der Waals surface area contributed by atoms with Gasteiger partial charge in [0.1, 0.15) is 11.7 Å². The van der Waals surface area contributed by atoms with Crippen molar-refractivity contribution in [1.29, 1.82) is 0 Å². The molecule has 1 heterocycles. The van der Waals surface area contributed by atoms with Gasteiger partial charge in [-0.25, -0.2) is 4.39 Å². The van der Waals surface area contributed by atoms with E-state index in [0.717, 1.165) is 18.0 Å². The van der Waals surface area contributed by atoms with E-state index in [9.17, 15) is 9.18 Å². The van der Waals surface area contributed by atoms with Crippen LogP contribution in [0.5, 0.6) is 0 Å². The molecule has 0 spiro atoms. The molecule has 2 N–H and O–H groups in total. The number of nitrogens with zero attached hydrogens (tertiary/aromatic N) is 2. The predicted octanol–water partition coefficient (Wildman–Crippen LogP) is 3.59. The summed E-state index contributed by atoms with van der Waals surface area (Å²) in [6.45, 7) is 9.35. The number of aliphatic imine (C=N–C) groups is 1. The van der Waals surface area contributed by atoms with E-state index in [0.29, 0.717) is 25.3 Å². The van der Waals surface area contributed by atoms with E-state index in [1.807, 2.05) is 19.9 Å². The highest BCUT2D eigenvalue weighted by Crippen LogP contribution is 2.20. The lowest BCUT2D eigenvalue weighted by Gasteiger charge is -2.17. The summed E-state index contributed by atoms with van der Waals surface area (Å²) < 4.78 is 13.3. The van der Waals surface area contributed by atoms with Gasteiger partial charge in [-0.3, -0.25) is 9.79 Å². The number of hydrogen-bond donors (Lipinski definition) is 2. The van der Waals surface area contributed by atoms with Gasteiger partial charge >= 0.3 is 0 Å². The Morgan fingerprint density at radius 2 is 2.31 bits per heavy atom. The summed E-state index contributed by atoms with van der Waals surface area (Å²) >= 11 is 5.81. The fraction of sp³-hybridized carbons (Fsp3) is 0.368. The lowest BCUT2D eigenvalue weighted by atomic mass is 10.2. The first kappa shape index (κ1) is 20.0. The number of amides is 1. The van der Waals surface area contributed by atoms with Gasteiger partial charge in [-0.15, -0.1) is 0 Å². The monoisotopic (exact) mass is 378 g/mol. The van der Waals surface area contributed by atoms with Crippen LogP contribution in [0, 0.1) is 5.82 Å². The number of benzene rings is 1. The second kappa shape index (κ2) is 9.38. The summed E-state index contributed by atoms with van der Waals surface area (Å²) in [5, 5.41) is 6.62. The van der Waals surface area contributed by atoms with E-state index in [2.05, 4.69) is 22.2 Å². The lowest BCUT2D eigenvalue weighted by molar-refractivity contribution is -0.125. The van der Waals surface area contributed by atoms with Crippen molar-refractivity contribution in [2.45, 2.75) is 26.3 Å². The second-order valence-corrected chi connectivity index (χ2v) is 6.47. The fourth-order valence-electron chi connectivity index (χ4n) is 2.76. The van der Waals surface area contributed by atoms with Crippen molar-refractivity contribution in [3.05, 3.63) is 53.5 Å². The Labute approximate surface area is 158 Å². The number of allylic oxidation sites excluding steroid dienone is 1. The maximum atomic E-state index is 13.3. The third-order valence-electron chi connectivity index (χ3n) is 3.97. The number of amidine groups is 1. The van der Waals surface area contributed by atoms with Crippen molar-refractivity contribution in [3.63, 3.8) is 0 Å². The van der Waals surface area contributed by atoms with Crippen LogP contribution in [0.15, 0.2) is 47.6 Å². The maximum absolute atomic E-state index is 13.3. The van der Waals surface area contributed by atoms with Crippen LogP contribution in [-0.4, -0.2) is 42.3 Å². The van der Waals surface area contributed by atoms with Gasteiger partial charge in [0.25, 0.3) is 0 Å². The second-order valence-electron chi connectivity index (χ2n) is 6.06. The Morgan fingerprint density at radius 1 is 1.54 bits per heavy atom. The number of likely N-dealkylation sites (tertiary alicyclic amines) is 1. The standard InChI is InChI=1S/C19H24ClFN4O/c1-4-19(26)25-9-8-15(12-25)24-18(22-5-2)10-13(3)23-14-6-7-17(21)16(20)11-14/h4,6-7,10-11,15,23H,1,5,8-9,12H2,2-3H3,(H,22,24)/b13-10+. The maximum Gasteiger partial charge on any atom is 0.246 e. The molecular formula is C19H24ClFN4O. The van der Waals surface area contributed by atoms with Crippen LogP contribution in [0.3, 0.4) is 0 Å². The molecule has 0 saturated carbocycles. The molecule has 0 bridgehead atoms. The minimum atomic E-state index is -0.450. The SMILES string of the molecule is C=CC(=O)N1CCC(NC(/C=C(\C)Nc2ccc(F)c(Cl)c2)=N/CC)C1. The molecular weight excluding hydrogens is 355 g/mol. The van der Waals surface area contributed by atoms with Crippen molar-refractivity contribution >= 4 is 29.0 Å². The number of anilines is 1. The van der Waals surface area contributed by atoms with Crippen LogP contribution in [0.4, 0.5) is 10.1 Å². The first-order valence-corrected chi connectivity index (χ1v) is 8.93. The Hall–Kier alpha value is -2.34. The fourth-order valence-corrected chi connectivity index (χ4v) is 2.94. The van der Waals surface area contributed by atoms with E-state index in [1.54, 1.807) is 11.0 Å². The van der Waals surface area contributed by atoms with Crippen molar-refractivity contribution in [2.75, 3.05) is 25.0 Å². The summed E-state index contributed by atoms with van der Waals surface area (Å²) in [5.41, 5.74) is 1.54. The van der Waals surface area contributed by atoms with E-state index in [4.69, 9.17) is 11.6 Å². The smallest absolute Gasteiger partial charge is 0.246 e. The zero-order valence-corrected chi connectivity index (χ0v) is 15.8. The van der Waals surface area contributed by atoms with Crippen LogP contribution < -0.4 is 10.6 Å². The third kappa shape index (κ3) is 5.59. The number of hydrogen-bond acceptors (Lipinski definition) is 3. The molecule has 1 amide bonds. The van der Waals surface area contributed by atoms with Crippen molar-refractivity contribution < 1.29 is 9.18 Å². The van der Waals surface area contributed by atoms with E-state index in [1.165, 1.54) is 18.2 Å². The molecule has 0 aromatic heterocycles. The van der Waals surface area contributed by atoms with Crippen molar-refractivity contribution in [3.8, 4) is 0 Å². The summed E-state index contributed by atoms with van der Waals surface area (Å²) in [4.78, 5) is 17.9. The van der Waals surface area contributed by atoms with Crippen molar-refractivity contribution in [2.24, 2.45) is 4.99 Å². The highest BCUT2D eigenvalue weighted by atomic mass is 35.5. The van der Waals surface area contributed by atoms with Crippen molar-refractivity contribution in [1.82, 2.24) is 10.2 Å². The Morgan fingerprint density at radius 3 is 2.96 bits per heavy atom. The molecule has 1 atom stereocenters. The summed E-state index contributed by atoms with van der Waals surface area (Å²) in [6.07, 6.45) is 4.08. The average Bonchev–Trinajstić information content (AvgIpc) is 3.06. The highest BCUT2D eigenvalue weighted by Gasteiger charge is 2.25. The van der Waals surface area contributed by atoms with E-state index in [-0.39, 0.29) is 17.0 Å². The molecule has 0 aliphatic carbocycles. The molecule has 7 heteroatoms. The van der Waals surface area contributed by atoms with Gasteiger partial charge in [0, 0.05) is 37.1 Å². The molecule has 1 saturated heterocycles.